The Morgan fingerprint density at radius 1 is 1.53 bits per heavy atom. The van der Waals surface area contributed by atoms with Crippen LogP contribution in [0.4, 0.5) is 0 Å². The van der Waals surface area contributed by atoms with Crippen molar-refractivity contribution in [3.05, 3.63) is 21.3 Å². The summed E-state index contributed by atoms with van der Waals surface area (Å²) in [6, 6.07) is 2.63. The zero-order valence-corrected chi connectivity index (χ0v) is 11.2. The summed E-state index contributed by atoms with van der Waals surface area (Å²) in [5.41, 5.74) is 0. The summed E-state index contributed by atoms with van der Waals surface area (Å²) in [5, 5.41) is 6.23. The van der Waals surface area contributed by atoms with Gasteiger partial charge in [0.25, 0.3) is 0 Å². The molecule has 0 fully saturated rings. The molecule has 15 heavy (non-hydrogen) atoms. The third kappa shape index (κ3) is 4.98. The van der Waals surface area contributed by atoms with Gasteiger partial charge in [0.2, 0.25) is 0 Å². The molecule has 0 saturated heterocycles. The number of hydrogen-bond donors (Lipinski definition) is 1. The van der Waals surface area contributed by atoms with E-state index in [4.69, 9.17) is 11.6 Å². The Morgan fingerprint density at radius 3 is 2.80 bits per heavy atom. The molecule has 1 aromatic heterocycles. The summed E-state index contributed by atoms with van der Waals surface area (Å²) in [7, 11) is 2.15. The predicted molar refractivity (Wildman–Crippen MR) is 68.8 cm³/mol. The van der Waals surface area contributed by atoms with Gasteiger partial charge in [-0.2, -0.15) is 0 Å². The van der Waals surface area contributed by atoms with Gasteiger partial charge < -0.3 is 10.2 Å². The fourth-order valence-corrected chi connectivity index (χ4v) is 2.21. The summed E-state index contributed by atoms with van der Waals surface area (Å²) in [4.78, 5) is 3.63. The molecule has 0 unspecified atom stereocenters. The fraction of sp³-hybridized carbons (Fsp3) is 0.636. The zero-order chi connectivity index (χ0) is 11.3. The van der Waals surface area contributed by atoms with E-state index in [0.717, 1.165) is 24.7 Å². The molecule has 0 spiro atoms. The van der Waals surface area contributed by atoms with Crippen LogP contribution in [0.1, 0.15) is 18.7 Å². The first-order valence-corrected chi connectivity index (χ1v) is 6.49. The number of hydrogen-bond acceptors (Lipinski definition) is 3. The lowest BCUT2D eigenvalue weighted by Gasteiger charge is -2.20. The van der Waals surface area contributed by atoms with Crippen molar-refractivity contribution in [2.45, 2.75) is 26.4 Å². The normalized spacial score (nSPS) is 11.6. The Hall–Kier alpha value is -0.0900. The van der Waals surface area contributed by atoms with E-state index >= 15 is 0 Å². The number of nitrogens with one attached hydrogen (secondary N) is 1. The van der Waals surface area contributed by atoms with Crippen molar-refractivity contribution in [3.8, 4) is 0 Å². The third-order valence-corrected chi connectivity index (χ3v) is 3.73. The zero-order valence-electron chi connectivity index (χ0n) is 9.59. The maximum Gasteiger partial charge on any atom is 0.0516 e. The van der Waals surface area contributed by atoms with Crippen molar-refractivity contribution in [1.82, 2.24) is 10.2 Å². The smallest absolute Gasteiger partial charge is 0.0516 e. The van der Waals surface area contributed by atoms with Crippen molar-refractivity contribution >= 4 is 22.9 Å². The SMILES string of the molecule is CC(C)N(C)CCNCc1cc(Cl)cs1. The molecular formula is C11H19ClN2S. The van der Waals surface area contributed by atoms with E-state index in [9.17, 15) is 0 Å². The lowest BCUT2D eigenvalue weighted by atomic mass is 10.3. The summed E-state index contributed by atoms with van der Waals surface area (Å²) in [6.07, 6.45) is 0. The largest absolute Gasteiger partial charge is 0.311 e. The third-order valence-electron chi connectivity index (χ3n) is 2.44. The maximum absolute atomic E-state index is 5.84. The number of rotatable bonds is 6. The molecule has 86 valence electrons. The average Bonchev–Trinajstić information content (AvgIpc) is 2.58. The molecule has 0 atom stereocenters. The van der Waals surface area contributed by atoms with Gasteiger partial charge in [-0.05, 0) is 27.0 Å². The van der Waals surface area contributed by atoms with Gasteiger partial charge in [-0.3, -0.25) is 0 Å². The average molecular weight is 247 g/mol. The minimum Gasteiger partial charge on any atom is -0.311 e. The van der Waals surface area contributed by atoms with Crippen molar-refractivity contribution < 1.29 is 0 Å². The first kappa shape index (κ1) is 13.0. The van der Waals surface area contributed by atoms with Crippen molar-refractivity contribution in [3.63, 3.8) is 0 Å². The van der Waals surface area contributed by atoms with Gasteiger partial charge in [-0.1, -0.05) is 11.6 Å². The van der Waals surface area contributed by atoms with E-state index in [1.54, 1.807) is 11.3 Å². The quantitative estimate of drug-likeness (QED) is 0.777. The fourth-order valence-electron chi connectivity index (χ4n) is 1.17. The molecule has 0 bridgehead atoms. The molecule has 1 aromatic rings. The second-order valence-electron chi connectivity index (χ2n) is 3.98. The van der Waals surface area contributed by atoms with Crippen molar-refractivity contribution in [2.24, 2.45) is 0 Å². The van der Waals surface area contributed by atoms with Crippen LogP contribution in [0.5, 0.6) is 0 Å². The molecule has 4 heteroatoms. The highest BCUT2D eigenvalue weighted by atomic mass is 35.5. The monoisotopic (exact) mass is 246 g/mol. The summed E-state index contributed by atoms with van der Waals surface area (Å²) < 4.78 is 0. The van der Waals surface area contributed by atoms with E-state index in [2.05, 4.69) is 31.1 Å². The summed E-state index contributed by atoms with van der Waals surface area (Å²) in [6.45, 7) is 7.43. The van der Waals surface area contributed by atoms with Crippen LogP contribution in [0.25, 0.3) is 0 Å². The van der Waals surface area contributed by atoms with Crippen LogP contribution in [0.3, 0.4) is 0 Å². The highest BCUT2D eigenvalue weighted by Gasteiger charge is 2.02. The molecule has 0 saturated carbocycles. The van der Waals surface area contributed by atoms with E-state index in [0.29, 0.717) is 6.04 Å². The highest BCUT2D eigenvalue weighted by molar-refractivity contribution is 7.10. The van der Waals surface area contributed by atoms with Gasteiger partial charge in [0.15, 0.2) is 0 Å². The van der Waals surface area contributed by atoms with Crippen molar-refractivity contribution in [1.29, 1.82) is 0 Å². The molecule has 0 aliphatic heterocycles. The molecular weight excluding hydrogens is 228 g/mol. The molecule has 0 aliphatic rings. The molecule has 0 radical (unpaired) electrons. The molecule has 1 N–H and O–H groups in total. The Labute approximate surface area is 101 Å². The first-order chi connectivity index (χ1) is 7.09. The topological polar surface area (TPSA) is 15.3 Å². The van der Waals surface area contributed by atoms with E-state index < -0.39 is 0 Å². The molecule has 0 aromatic carbocycles. The van der Waals surface area contributed by atoms with Crippen LogP contribution in [0.15, 0.2) is 11.4 Å². The molecule has 1 rings (SSSR count). The lowest BCUT2D eigenvalue weighted by Crippen LogP contribution is -2.33. The van der Waals surface area contributed by atoms with Crippen LogP contribution in [-0.2, 0) is 6.54 Å². The molecule has 0 amide bonds. The number of likely N-dealkylation sites (N-methyl/N-ethyl adjacent to an activating group) is 1. The standard InChI is InChI=1S/C11H19ClN2S/c1-9(2)14(3)5-4-13-7-11-6-10(12)8-15-11/h6,8-9,13H,4-5,7H2,1-3H3. The lowest BCUT2D eigenvalue weighted by molar-refractivity contribution is 0.273. The van der Waals surface area contributed by atoms with Gasteiger partial charge in [0, 0.05) is 35.9 Å². The van der Waals surface area contributed by atoms with Gasteiger partial charge in [0.1, 0.15) is 0 Å². The van der Waals surface area contributed by atoms with Gasteiger partial charge >= 0.3 is 0 Å². The number of halogens is 1. The van der Waals surface area contributed by atoms with Crippen LogP contribution < -0.4 is 5.32 Å². The Bertz CT molecular complexity index is 286. The Balaban J connectivity index is 2.12. The van der Waals surface area contributed by atoms with Crippen LogP contribution in [0.2, 0.25) is 5.02 Å². The predicted octanol–water partition coefficient (Wildman–Crippen LogP) is 2.83. The number of thiophene rings is 1. The van der Waals surface area contributed by atoms with Gasteiger partial charge in [-0.15, -0.1) is 11.3 Å². The van der Waals surface area contributed by atoms with Crippen LogP contribution in [-0.4, -0.2) is 31.1 Å². The minimum absolute atomic E-state index is 0.614. The van der Waals surface area contributed by atoms with E-state index in [1.165, 1.54) is 4.88 Å². The van der Waals surface area contributed by atoms with E-state index in [1.807, 2.05) is 11.4 Å². The molecule has 0 aliphatic carbocycles. The first-order valence-electron chi connectivity index (χ1n) is 5.23. The highest BCUT2D eigenvalue weighted by Crippen LogP contribution is 2.18. The van der Waals surface area contributed by atoms with Crippen LogP contribution >= 0.6 is 22.9 Å². The maximum atomic E-state index is 5.84. The molecule has 2 nitrogen and oxygen atoms in total. The second kappa shape index (κ2) is 6.48. The van der Waals surface area contributed by atoms with Gasteiger partial charge in [-0.25, -0.2) is 0 Å². The van der Waals surface area contributed by atoms with Crippen molar-refractivity contribution in [2.75, 3.05) is 20.1 Å². The minimum atomic E-state index is 0.614. The molecule has 1 heterocycles. The Kier molecular flexibility index (Phi) is 5.61. The van der Waals surface area contributed by atoms with E-state index in [-0.39, 0.29) is 0 Å². The van der Waals surface area contributed by atoms with Gasteiger partial charge in [0.05, 0.1) is 5.02 Å². The second-order valence-corrected chi connectivity index (χ2v) is 5.41. The Morgan fingerprint density at radius 2 is 2.27 bits per heavy atom. The summed E-state index contributed by atoms with van der Waals surface area (Å²) >= 11 is 7.55. The summed E-state index contributed by atoms with van der Waals surface area (Å²) in [5.74, 6) is 0. The van der Waals surface area contributed by atoms with Crippen LogP contribution in [0, 0.1) is 0 Å². The number of nitrogens with zero attached hydrogens (tertiary/aromatic N) is 1.